The number of hydrogen-bond acceptors (Lipinski definition) is 3. The van der Waals surface area contributed by atoms with Gasteiger partial charge in [0.15, 0.2) is 0 Å². The molecule has 3 atom stereocenters. The van der Waals surface area contributed by atoms with Crippen LogP contribution in [0.15, 0.2) is 30.3 Å². The molecule has 0 aromatic heterocycles. The van der Waals surface area contributed by atoms with E-state index in [2.05, 4.69) is 4.72 Å². The Kier molecular flexibility index (Phi) is 4.31. The van der Waals surface area contributed by atoms with E-state index in [0.717, 1.165) is 24.8 Å². The molecule has 5 nitrogen and oxygen atoms in total. The summed E-state index contributed by atoms with van der Waals surface area (Å²) >= 11 is 0. The Morgan fingerprint density at radius 1 is 1.29 bits per heavy atom. The molecule has 1 aliphatic heterocycles. The van der Waals surface area contributed by atoms with Gasteiger partial charge in [0, 0.05) is 12.6 Å². The molecular formula is C15H22N2O3S. The van der Waals surface area contributed by atoms with Crippen molar-refractivity contribution in [3.05, 3.63) is 35.9 Å². The maximum Gasteiger partial charge on any atom is 0.280 e. The molecule has 2 aliphatic rings. The summed E-state index contributed by atoms with van der Waals surface area (Å²) in [7, 11) is -3.50. The van der Waals surface area contributed by atoms with Gasteiger partial charge in [-0.25, -0.2) is 0 Å². The Balaban J connectivity index is 1.66. The molecular weight excluding hydrogens is 288 g/mol. The van der Waals surface area contributed by atoms with Gasteiger partial charge in [0.25, 0.3) is 10.2 Å². The normalized spacial score (nSPS) is 27.1. The number of nitrogens with one attached hydrogen (secondary N) is 1. The smallest absolute Gasteiger partial charge is 0.280 e. The molecule has 116 valence electrons. The standard InChI is InChI=1S/C15H22N2O3S/c18-11-14(8-12-4-2-1-3-5-12)16-21(19,20)17-10-13-6-7-15(17)9-13/h1-5,13-16,18H,6-11H2/t13?,14-,15?/m1/s1. The predicted octanol–water partition coefficient (Wildman–Crippen LogP) is 0.909. The van der Waals surface area contributed by atoms with Crippen LogP contribution < -0.4 is 4.72 Å². The lowest BCUT2D eigenvalue weighted by molar-refractivity contribution is 0.250. The molecule has 1 heterocycles. The van der Waals surface area contributed by atoms with Crippen LogP contribution in [0, 0.1) is 5.92 Å². The summed E-state index contributed by atoms with van der Waals surface area (Å²) in [5.41, 5.74) is 1.02. The fraction of sp³-hybridized carbons (Fsp3) is 0.600. The third-order valence-corrected chi connectivity index (χ3v) is 6.22. The van der Waals surface area contributed by atoms with Gasteiger partial charge in [-0.05, 0) is 37.2 Å². The third-order valence-electron chi connectivity index (χ3n) is 4.53. The summed E-state index contributed by atoms with van der Waals surface area (Å²) in [5, 5.41) is 9.48. The molecule has 2 fully saturated rings. The van der Waals surface area contributed by atoms with Crippen LogP contribution in [0.3, 0.4) is 0 Å². The predicted molar refractivity (Wildman–Crippen MR) is 80.9 cm³/mol. The number of benzene rings is 1. The van der Waals surface area contributed by atoms with E-state index >= 15 is 0 Å². The molecule has 1 aromatic rings. The Morgan fingerprint density at radius 2 is 2.05 bits per heavy atom. The van der Waals surface area contributed by atoms with E-state index < -0.39 is 16.3 Å². The largest absolute Gasteiger partial charge is 0.395 e. The number of aliphatic hydroxyl groups excluding tert-OH is 1. The molecule has 2 N–H and O–H groups in total. The lowest BCUT2D eigenvalue weighted by Gasteiger charge is -2.28. The number of rotatable bonds is 6. The van der Waals surface area contributed by atoms with E-state index in [1.165, 1.54) is 0 Å². The second-order valence-electron chi connectivity index (χ2n) is 6.09. The number of fused-ring (bicyclic) bond motifs is 2. The summed E-state index contributed by atoms with van der Waals surface area (Å²) in [6.07, 6.45) is 3.60. The van der Waals surface area contributed by atoms with Crippen molar-refractivity contribution in [2.24, 2.45) is 5.92 Å². The SMILES string of the molecule is O=S(=O)(N[C@@H](CO)Cc1ccccc1)N1CC2CCC1C2. The van der Waals surface area contributed by atoms with Gasteiger partial charge in [-0.1, -0.05) is 30.3 Å². The Bertz CT molecular complexity index is 576. The quantitative estimate of drug-likeness (QED) is 0.820. The first kappa shape index (κ1) is 15.0. The topological polar surface area (TPSA) is 69.6 Å². The molecule has 0 amide bonds. The highest BCUT2D eigenvalue weighted by Crippen LogP contribution is 2.38. The van der Waals surface area contributed by atoms with Gasteiger partial charge in [0.2, 0.25) is 0 Å². The Morgan fingerprint density at radius 3 is 2.62 bits per heavy atom. The summed E-state index contributed by atoms with van der Waals surface area (Å²) in [6.45, 7) is 0.430. The monoisotopic (exact) mass is 310 g/mol. The summed E-state index contributed by atoms with van der Waals surface area (Å²) < 4.78 is 29.2. The first-order valence-corrected chi connectivity index (χ1v) is 8.96. The van der Waals surface area contributed by atoms with E-state index in [-0.39, 0.29) is 12.6 Å². The van der Waals surface area contributed by atoms with Crippen LogP contribution in [0.2, 0.25) is 0 Å². The lowest BCUT2D eigenvalue weighted by atomic mass is 10.1. The van der Waals surface area contributed by atoms with Crippen molar-refractivity contribution in [1.29, 1.82) is 0 Å². The number of nitrogens with zero attached hydrogens (tertiary/aromatic N) is 1. The van der Waals surface area contributed by atoms with Gasteiger partial charge in [0.1, 0.15) is 0 Å². The molecule has 21 heavy (non-hydrogen) atoms. The second-order valence-corrected chi connectivity index (χ2v) is 7.75. The molecule has 2 bridgehead atoms. The van der Waals surface area contributed by atoms with Crippen LogP contribution in [0.4, 0.5) is 0 Å². The van der Waals surface area contributed by atoms with Crippen molar-refractivity contribution >= 4 is 10.2 Å². The number of hydrogen-bond donors (Lipinski definition) is 2. The molecule has 1 saturated heterocycles. The van der Waals surface area contributed by atoms with Crippen molar-refractivity contribution in [3.63, 3.8) is 0 Å². The van der Waals surface area contributed by atoms with Crippen LogP contribution in [-0.2, 0) is 16.6 Å². The molecule has 0 spiro atoms. The Labute approximate surface area is 126 Å². The van der Waals surface area contributed by atoms with Crippen molar-refractivity contribution in [3.8, 4) is 0 Å². The number of aliphatic hydroxyl groups is 1. The summed E-state index contributed by atoms with van der Waals surface area (Å²) in [5.74, 6) is 0.522. The van der Waals surface area contributed by atoms with E-state index in [1.54, 1.807) is 4.31 Å². The maximum absolute atomic E-state index is 12.5. The Hall–Kier alpha value is -0.950. The zero-order valence-corrected chi connectivity index (χ0v) is 12.8. The maximum atomic E-state index is 12.5. The van der Waals surface area contributed by atoms with E-state index in [4.69, 9.17) is 0 Å². The average Bonchev–Trinajstić information content (AvgIpc) is 3.10. The number of piperidine rings is 1. The highest BCUT2D eigenvalue weighted by molar-refractivity contribution is 7.87. The zero-order chi connectivity index (χ0) is 14.9. The van der Waals surface area contributed by atoms with E-state index in [9.17, 15) is 13.5 Å². The highest BCUT2D eigenvalue weighted by Gasteiger charge is 2.44. The van der Waals surface area contributed by atoms with E-state index in [0.29, 0.717) is 18.9 Å². The molecule has 1 aliphatic carbocycles. The van der Waals surface area contributed by atoms with Crippen LogP contribution >= 0.6 is 0 Å². The van der Waals surface area contributed by atoms with Gasteiger partial charge in [-0.2, -0.15) is 17.4 Å². The van der Waals surface area contributed by atoms with Crippen LogP contribution in [0.25, 0.3) is 0 Å². The molecule has 0 radical (unpaired) electrons. The van der Waals surface area contributed by atoms with Gasteiger partial charge >= 0.3 is 0 Å². The first-order chi connectivity index (χ1) is 10.1. The van der Waals surface area contributed by atoms with Crippen molar-refractivity contribution in [2.75, 3.05) is 13.2 Å². The molecule has 1 aromatic carbocycles. The van der Waals surface area contributed by atoms with E-state index in [1.807, 2.05) is 30.3 Å². The van der Waals surface area contributed by atoms with Crippen LogP contribution in [-0.4, -0.2) is 43.1 Å². The molecule has 3 rings (SSSR count). The second kappa shape index (κ2) is 6.04. The fourth-order valence-electron chi connectivity index (χ4n) is 3.49. The highest BCUT2D eigenvalue weighted by atomic mass is 32.2. The van der Waals surface area contributed by atoms with Crippen LogP contribution in [0.1, 0.15) is 24.8 Å². The first-order valence-electron chi connectivity index (χ1n) is 7.52. The fourth-order valence-corrected chi connectivity index (χ4v) is 5.20. The summed E-state index contributed by atoms with van der Waals surface area (Å²) in [6, 6.07) is 9.31. The molecule has 6 heteroatoms. The van der Waals surface area contributed by atoms with Crippen LogP contribution in [0.5, 0.6) is 0 Å². The van der Waals surface area contributed by atoms with Gasteiger partial charge < -0.3 is 5.11 Å². The minimum Gasteiger partial charge on any atom is -0.395 e. The average molecular weight is 310 g/mol. The van der Waals surface area contributed by atoms with Gasteiger partial charge in [-0.3, -0.25) is 0 Å². The lowest BCUT2D eigenvalue weighted by Crippen LogP contribution is -2.49. The van der Waals surface area contributed by atoms with Gasteiger partial charge in [0.05, 0.1) is 12.6 Å². The molecule has 2 unspecified atom stereocenters. The third kappa shape index (κ3) is 3.29. The van der Waals surface area contributed by atoms with Gasteiger partial charge in [-0.15, -0.1) is 0 Å². The summed E-state index contributed by atoms with van der Waals surface area (Å²) in [4.78, 5) is 0. The zero-order valence-electron chi connectivity index (χ0n) is 12.0. The van der Waals surface area contributed by atoms with Crippen molar-refractivity contribution < 1.29 is 13.5 Å². The minimum absolute atomic E-state index is 0.156. The van der Waals surface area contributed by atoms with Crippen molar-refractivity contribution in [1.82, 2.24) is 9.03 Å². The molecule has 1 saturated carbocycles. The van der Waals surface area contributed by atoms with Crippen molar-refractivity contribution in [2.45, 2.75) is 37.8 Å². The minimum atomic E-state index is -3.50.